The maximum absolute atomic E-state index is 12.4. The molecule has 6 nitrogen and oxygen atoms in total. The van der Waals surface area contributed by atoms with E-state index < -0.39 is 6.04 Å². The number of rotatable bonds is 8. The van der Waals surface area contributed by atoms with Gasteiger partial charge in [0.25, 0.3) is 0 Å². The van der Waals surface area contributed by atoms with Gasteiger partial charge >= 0.3 is 0 Å². The van der Waals surface area contributed by atoms with Crippen molar-refractivity contribution in [3.8, 4) is 5.88 Å². The molecule has 1 aromatic rings. The van der Waals surface area contributed by atoms with Crippen molar-refractivity contribution in [1.29, 1.82) is 0 Å². The highest BCUT2D eigenvalue weighted by Crippen LogP contribution is 2.23. The summed E-state index contributed by atoms with van der Waals surface area (Å²) >= 11 is 1.67. The van der Waals surface area contributed by atoms with Crippen molar-refractivity contribution in [2.24, 2.45) is 0 Å². The summed E-state index contributed by atoms with van der Waals surface area (Å²) in [5.41, 5.74) is 0. The molecule has 0 aliphatic heterocycles. The number of amides is 2. The Kier molecular flexibility index (Phi) is 8.04. The monoisotopic (exact) mass is 365 g/mol. The van der Waals surface area contributed by atoms with Gasteiger partial charge in [0.05, 0.1) is 0 Å². The van der Waals surface area contributed by atoms with Gasteiger partial charge < -0.3 is 15.4 Å². The number of nitrogens with zero attached hydrogens (tertiary/aromatic N) is 1. The molecule has 1 saturated carbocycles. The van der Waals surface area contributed by atoms with Gasteiger partial charge in [-0.05, 0) is 50.2 Å². The van der Waals surface area contributed by atoms with Crippen LogP contribution in [-0.4, -0.2) is 47.0 Å². The van der Waals surface area contributed by atoms with E-state index in [-0.39, 0.29) is 24.0 Å². The maximum Gasteiger partial charge on any atom is 0.242 e. The number of hydrogen-bond acceptors (Lipinski definition) is 5. The van der Waals surface area contributed by atoms with E-state index in [0.29, 0.717) is 12.3 Å². The third-order valence-corrected chi connectivity index (χ3v) is 4.89. The van der Waals surface area contributed by atoms with E-state index in [9.17, 15) is 9.59 Å². The van der Waals surface area contributed by atoms with E-state index in [1.54, 1.807) is 18.0 Å². The molecule has 25 heavy (non-hydrogen) atoms. The first kappa shape index (κ1) is 19.6. The average Bonchev–Trinajstić information content (AvgIpc) is 2.61. The molecule has 0 spiro atoms. The van der Waals surface area contributed by atoms with Gasteiger partial charge in [-0.15, -0.1) is 0 Å². The van der Waals surface area contributed by atoms with Crippen LogP contribution >= 0.6 is 11.8 Å². The molecule has 0 radical (unpaired) electrons. The fraction of sp³-hybridized carbons (Fsp3) is 0.611. The van der Waals surface area contributed by atoms with E-state index in [4.69, 9.17) is 4.74 Å². The Morgan fingerprint density at radius 1 is 1.32 bits per heavy atom. The number of aromatic nitrogens is 1. The Hall–Kier alpha value is -1.76. The lowest BCUT2D eigenvalue weighted by Gasteiger charge is -2.30. The molecule has 7 heteroatoms. The van der Waals surface area contributed by atoms with Crippen LogP contribution in [0.15, 0.2) is 24.4 Å². The summed E-state index contributed by atoms with van der Waals surface area (Å²) in [5, 5.41) is 5.83. The Morgan fingerprint density at radius 2 is 2.08 bits per heavy atom. The van der Waals surface area contributed by atoms with Crippen LogP contribution in [0.3, 0.4) is 0 Å². The standard InChI is InChI=1S/C18H27N3O3S/c1-13(22)20-16(10-12-25-2)18(23)21-14-6-8-15(9-7-14)24-17-5-3-4-11-19-17/h3-5,11,14-16H,6-10,12H2,1-2H3,(H,20,22)(H,21,23). The fourth-order valence-electron chi connectivity index (χ4n) is 2.96. The van der Waals surface area contributed by atoms with Crippen LogP contribution in [0.5, 0.6) is 5.88 Å². The molecule has 1 fully saturated rings. The largest absolute Gasteiger partial charge is 0.474 e. The van der Waals surface area contributed by atoms with Crippen LogP contribution in [0, 0.1) is 0 Å². The summed E-state index contributed by atoms with van der Waals surface area (Å²) in [5.74, 6) is 1.23. The Bertz CT molecular complexity index is 548. The van der Waals surface area contributed by atoms with E-state index >= 15 is 0 Å². The van der Waals surface area contributed by atoms with Crippen molar-refractivity contribution in [3.63, 3.8) is 0 Å². The van der Waals surface area contributed by atoms with Crippen molar-refractivity contribution in [2.45, 2.75) is 57.2 Å². The normalized spacial score (nSPS) is 21.2. The highest BCUT2D eigenvalue weighted by molar-refractivity contribution is 7.98. The van der Waals surface area contributed by atoms with Gasteiger partial charge in [-0.1, -0.05) is 6.07 Å². The topological polar surface area (TPSA) is 80.3 Å². The summed E-state index contributed by atoms with van der Waals surface area (Å²) in [6.45, 7) is 1.44. The number of nitrogens with one attached hydrogen (secondary N) is 2. The van der Waals surface area contributed by atoms with Gasteiger partial charge in [0.15, 0.2) is 0 Å². The van der Waals surface area contributed by atoms with Gasteiger partial charge in [-0.2, -0.15) is 11.8 Å². The Morgan fingerprint density at radius 3 is 2.68 bits per heavy atom. The quantitative estimate of drug-likeness (QED) is 0.738. The van der Waals surface area contributed by atoms with Crippen LogP contribution in [0.25, 0.3) is 0 Å². The second-order valence-corrected chi connectivity index (χ2v) is 7.29. The third kappa shape index (κ3) is 6.94. The second-order valence-electron chi connectivity index (χ2n) is 6.30. The molecular formula is C18H27N3O3S. The molecule has 1 aromatic heterocycles. The molecule has 1 heterocycles. The molecule has 2 N–H and O–H groups in total. The SMILES string of the molecule is CSCCC(NC(C)=O)C(=O)NC1CCC(Oc2ccccn2)CC1. The van der Waals surface area contributed by atoms with Crippen molar-refractivity contribution >= 4 is 23.6 Å². The van der Waals surface area contributed by atoms with Gasteiger partial charge in [-0.3, -0.25) is 9.59 Å². The smallest absolute Gasteiger partial charge is 0.242 e. The first-order chi connectivity index (χ1) is 12.1. The molecule has 1 aliphatic carbocycles. The molecule has 2 rings (SSSR count). The minimum Gasteiger partial charge on any atom is -0.474 e. The van der Waals surface area contributed by atoms with Gasteiger partial charge in [0.2, 0.25) is 17.7 Å². The van der Waals surface area contributed by atoms with Crippen LogP contribution < -0.4 is 15.4 Å². The lowest BCUT2D eigenvalue weighted by Crippen LogP contribution is -2.50. The molecule has 138 valence electrons. The molecule has 0 bridgehead atoms. The molecule has 1 atom stereocenters. The first-order valence-electron chi connectivity index (χ1n) is 8.72. The predicted octanol–water partition coefficient (Wildman–Crippen LogP) is 2.15. The van der Waals surface area contributed by atoms with Crippen LogP contribution in [-0.2, 0) is 9.59 Å². The molecular weight excluding hydrogens is 338 g/mol. The third-order valence-electron chi connectivity index (χ3n) is 4.25. The zero-order chi connectivity index (χ0) is 18.1. The first-order valence-corrected chi connectivity index (χ1v) is 10.1. The van der Waals surface area contributed by atoms with Gasteiger partial charge in [0, 0.05) is 25.2 Å². The highest BCUT2D eigenvalue weighted by Gasteiger charge is 2.26. The van der Waals surface area contributed by atoms with Crippen molar-refractivity contribution < 1.29 is 14.3 Å². The lowest BCUT2D eigenvalue weighted by molar-refractivity contribution is -0.128. The zero-order valence-electron chi connectivity index (χ0n) is 14.9. The summed E-state index contributed by atoms with van der Waals surface area (Å²) in [4.78, 5) is 27.9. The minimum atomic E-state index is -0.451. The zero-order valence-corrected chi connectivity index (χ0v) is 15.7. The van der Waals surface area contributed by atoms with E-state index in [1.807, 2.05) is 24.5 Å². The van der Waals surface area contributed by atoms with Crippen molar-refractivity contribution in [3.05, 3.63) is 24.4 Å². The molecule has 1 aliphatic rings. The van der Waals surface area contributed by atoms with Gasteiger partial charge in [-0.25, -0.2) is 4.98 Å². The Labute approximate surface area is 153 Å². The fourth-order valence-corrected chi connectivity index (χ4v) is 3.44. The number of carbonyl (C=O) groups is 2. The molecule has 2 amide bonds. The molecule has 1 unspecified atom stereocenters. The second kappa shape index (κ2) is 10.3. The summed E-state index contributed by atoms with van der Waals surface area (Å²) < 4.78 is 5.88. The summed E-state index contributed by atoms with van der Waals surface area (Å²) in [6, 6.07) is 5.32. The van der Waals surface area contributed by atoms with Crippen LogP contribution in [0.2, 0.25) is 0 Å². The van der Waals surface area contributed by atoms with Crippen LogP contribution in [0.1, 0.15) is 39.0 Å². The van der Waals surface area contributed by atoms with E-state index in [2.05, 4.69) is 15.6 Å². The average molecular weight is 365 g/mol. The number of thioether (sulfide) groups is 1. The number of carbonyl (C=O) groups excluding carboxylic acids is 2. The van der Waals surface area contributed by atoms with Gasteiger partial charge in [0.1, 0.15) is 12.1 Å². The molecule has 0 saturated heterocycles. The van der Waals surface area contributed by atoms with Crippen molar-refractivity contribution in [1.82, 2.24) is 15.6 Å². The Balaban J connectivity index is 1.77. The minimum absolute atomic E-state index is 0.0849. The molecule has 0 aromatic carbocycles. The number of hydrogen-bond donors (Lipinski definition) is 2. The van der Waals surface area contributed by atoms with Crippen LogP contribution in [0.4, 0.5) is 0 Å². The number of pyridine rings is 1. The predicted molar refractivity (Wildman–Crippen MR) is 99.7 cm³/mol. The number of ether oxygens (including phenoxy) is 1. The lowest BCUT2D eigenvalue weighted by atomic mass is 9.92. The van der Waals surface area contributed by atoms with E-state index in [1.165, 1.54) is 6.92 Å². The summed E-state index contributed by atoms with van der Waals surface area (Å²) in [6.07, 6.45) is 8.02. The van der Waals surface area contributed by atoms with Crippen molar-refractivity contribution in [2.75, 3.05) is 12.0 Å². The summed E-state index contributed by atoms with van der Waals surface area (Å²) in [7, 11) is 0. The highest BCUT2D eigenvalue weighted by atomic mass is 32.2. The maximum atomic E-state index is 12.4. The van der Waals surface area contributed by atoms with E-state index in [0.717, 1.165) is 31.4 Å².